The summed E-state index contributed by atoms with van der Waals surface area (Å²) in [4.78, 5) is 20.2. The van der Waals surface area contributed by atoms with Crippen molar-refractivity contribution in [2.75, 3.05) is 31.2 Å². The van der Waals surface area contributed by atoms with Crippen LogP contribution in [0.2, 0.25) is 0 Å². The van der Waals surface area contributed by atoms with Crippen LogP contribution in [-0.2, 0) is 6.18 Å². The lowest BCUT2D eigenvalue weighted by Gasteiger charge is -2.25. The number of nitro groups is 2. The lowest BCUT2D eigenvalue weighted by Crippen LogP contribution is -2.32. The van der Waals surface area contributed by atoms with Crippen LogP contribution in [0.25, 0.3) is 0 Å². The number of benzene rings is 1. The van der Waals surface area contributed by atoms with Crippen LogP contribution in [0.4, 0.5) is 30.2 Å². The van der Waals surface area contributed by atoms with Gasteiger partial charge in [-0.1, -0.05) is 0 Å². The number of halogens is 3. The van der Waals surface area contributed by atoms with Gasteiger partial charge in [0.05, 0.1) is 34.7 Å². The first kappa shape index (κ1) is 18.6. The summed E-state index contributed by atoms with van der Waals surface area (Å²) >= 11 is 0. The SMILES string of the molecule is O=[N+]([O-])c1cc([N+](=O)[O-])c(N(CCO)CCO)c(C(F)(F)F)c1. The lowest BCUT2D eigenvalue weighted by molar-refractivity contribution is -0.394. The fourth-order valence-electron chi connectivity index (χ4n) is 1.97. The molecule has 12 heteroatoms. The molecule has 0 unspecified atom stereocenters. The molecule has 0 saturated carbocycles. The van der Waals surface area contributed by atoms with Crippen molar-refractivity contribution < 1.29 is 33.2 Å². The molecule has 0 aromatic heterocycles. The van der Waals surface area contributed by atoms with Gasteiger partial charge in [0.1, 0.15) is 5.69 Å². The molecule has 1 aromatic rings. The maximum Gasteiger partial charge on any atom is 0.418 e. The van der Waals surface area contributed by atoms with Crippen LogP contribution in [0.15, 0.2) is 12.1 Å². The molecule has 0 heterocycles. The zero-order valence-corrected chi connectivity index (χ0v) is 11.5. The van der Waals surface area contributed by atoms with Gasteiger partial charge in [-0.3, -0.25) is 20.2 Å². The minimum Gasteiger partial charge on any atom is -0.395 e. The van der Waals surface area contributed by atoms with Crippen LogP contribution in [0.5, 0.6) is 0 Å². The Bertz CT molecular complexity index is 601. The predicted molar refractivity (Wildman–Crippen MR) is 71.1 cm³/mol. The van der Waals surface area contributed by atoms with Crippen molar-refractivity contribution in [2.45, 2.75) is 6.18 Å². The summed E-state index contributed by atoms with van der Waals surface area (Å²) < 4.78 is 39.5. The number of nitrogens with zero attached hydrogens (tertiary/aromatic N) is 3. The van der Waals surface area contributed by atoms with E-state index in [4.69, 9.17) is 10.2 Å². The van der Waals surface area contributed by atoms with Crippen LogP contribution in [0.3, 0.4) is 0 Å². The fraction of sp³-hybridized carbons (Fsp3) is 0.455. The number of rotatable bonds is 7. The molecule has 1 rings (SSSR count). The van der Waals surface area contributed by atoms with Crippen molar-refractivity contribution in [3.05, 3.63) is 37.9 Å². The summed E-state index contributed by atoms with van der Waals surface area (Å²) in [6.07, 6.45) is -5.10. The van der Waals surface area contributed by atoms with Crippen LogP contribution in [-0.4, -0.2) is 46.4 Å². The molecule has 23 heavy (non-hydrogen) atoms. The first-order chi connectivity index (χ1) is 10.6. The Balaban J connectivity index is 3.74. The fourth-order valence-corrected chi connectivity index (χ4v) is 1.97. The number of anilines is 1. The predicted octanol–water partition coefficient (Wildman–Crippen LogP) is 1.31. The third-order valence-electron chi connectivity index (χ3n) is 2.84. The first-order valence-corrected chi connectivity index (χ1v) is 6.14. The standard InChI is InChI=1S/C11H12F3N3O6/c12-11(13,14)8-5-7(16(20)21)6-9(17(22)23)10(8)15(1-3-18)2-4-19/h5-6,18-19H,1-4H2. The number of hydrogen-bond acceptors (Lipinski definition) is 7. The van der Waals surface area contributed by atoms with Crippen molar-refractivity contribution in [1.82, 2.24) is 0 Å². The van der Waals surface area contributed by atoms with Crippen molar-refractivity contribution >= 4 is 17.1 Å². The van der Waals surface area contributed by atoms with Crippen LogP contribution >= 0.6 is 0 Å². The highest BCUT2D eigenvalue weighted by molar-refractivity contribution is 5.72. The minimum absolute atomic E-state index is 0.185. The maximum absolute atomic E-state index is 13.2. The van der Waals surface area contributed by atoms with Crippen molar-refractivity contribution in [2.24, 2.45) is 0 Å². The summed E-state index contributed by atoms with van der Waals surface area (Å²) in [6.45, 7) is -2.12. The largest absolute Gasteiger partial charge is 0.418 e. The molecule has 0 bridgehead atoms. The molecule has 0 aliphatic rings. The van der Waals surface area contributed by atoms with Gasteiger partial charge in [-0.25, -0.2) is 0 Å². The summed E-state index contributed by atoms with van der Waals surface area (Å²) in [5.41, 5.74) is -4.73. The van der Waals surface area contributed by atoms with E-state index in [2.05, 4.69) is 0 Å². The smallest absolute Gasteiger partial charge is 0.395 e. The molecule has 1 aromatic carbocycles. The zero-order chi connectivity index (χ0) is 17.8. The van der Waals surface area contributed by atoms with Crippen LogP contribution in [0.1, 0.15) is 5.56 Å². The molecule has 0 radical (unpaired) electrons. The second-order valence-electron chi connectivity index (χ2n) is 4.31. The molecule has 9 nitrogen and oxygen atoms in total. The average molecular weight is 339 g/mol. The summed E-state index contributed by atoms with van der Waals surface area (Å²) in [7, 11) is 0. The van der Waals surface area contributed by atoms with Crippen LogP contribution < -0.4 is 4.90 Å². The Morgan fingerprint density at radius 3 is 1.91 bits per heavy atom. The highest BCUT2D eigenvalue weighted by atomic mass is 19.4. The minimum atomic E-state index is -5.10. The third-order valence-corrected chi connectivity index (χ3v) is 2.84. The van der Waals surface area contributed by atoms with Crippen molar-refractivity contribution in [3.63, 3.8) is 0 Å². The molecule has 2 N–H and O–H groups in total. The van der Waals surface area contributed by atoms with Gasteiger partial charge in [-0.15, -0.1) is 0 Å². The second-order valence-corrected chi connectivity index (χ2v) is 4.31. The van der Waals surface area contributed by atoms with Gasteiger partial charge in [0.25, 0.3) is 11.4 Å². The molecule has 0 fully saturated rings. The molecular formula is C11H12F3N3O6. The van der Waals surface area contributed by atoms with Gasteiger partial charge in [0.15, 0.2) is 0 Å². The van der Waals surface area contributed by atoms with E-state index in [-0.39, 0.29) is 6.07 Å². The molecule has 0 saturated heterocycles. The quantitative estimate of drug-likeness (QED) is 0.566. The topological polar surface area (TPSA) is 130 Å². The number of hydrogen-bond donors (Lipinski definition) is 2. The lowest BCUT2D eigenvalue weighted by atomic mass is 10.1. The number of non-ortho nitro benzene ring substituents is 1. The molecule has 0 spiro atoms. The van der Waals surface area contributed by atoms with Crippen LogP contribution in [0, 0.1) is 20.2 Å². The number of aliphatic hydroxyl groups excluding tert-OH is 2. The Morgan fingerprint density at radius 2 is 1.57 bits per heavy atom. The van der Waals surface area contributed by atoms with Gasteiger partial charge < -0.3 is 15.1 Å². The molecule has 0 amide bonds. The molecule has 0 atom stereocenters. The number of alkyl halides is 3. The van der Waals surface area contributed by atoms with Gasteiger partial charge >= 0.3 is 6.18 Å². The Labute approximate surface area is 126 Å². The Hall–Kier alpha value is -2.47. The summed E-state index contributed by atoms with van der Waals surface area (Å²) in [6, 6.07) is 0.594. The zero-order valence-electron chi connectivity index (χ0n) is 11.5. The third kappa shape index (κ3) is 4.26. The summed E-state index contributed by atoms with van der Waals surface area (Å²) in [5.74, 6) is 0. The molecular weight excluding hydrogens is 327 g/mol. The highest BCUT2D eigenvalue weighted by Crippen LogP contribution is 2.44. The Kier molecular flexibility index (Phi) is 5.81. The highest BCUT2D eigenvalue weighted by Gasteiger charge is 2.41. The van der Waals surface area contributed by atoms with E-state index in [1.54, 1.807) is 0 Å². The van der Waals surface area contributed by atoms with E-state index >= 15 is 0 Å². The van der Waals surface area contributed by atoms with Crippen molar-refractivity contribution in [3.8, 4) is 0 Å². The molecule has 0 aliphatic carbocycles. The molecule has 128 valence electrons. The van der Waals surface area contributed by atoms with E-state index in [0.29, 0.717) is 6.07 Å². The average Bonchev–Trinajstić information content (AvgIpc) is 2.44. The van der Waals surface area contributed by atoms with Gasteiger partial charge in [0.2, 0.25) is 0 Å². The maximum atomic E-state index is 13.2. The van der Waals surface area contributed by atoms with Gasteiger partial charge in [0, 0.05) is 19.2 Å². The second kappa shape index (κ2) is 7.19. The van der Waals surface area contributed by atoms with Gasteiger partial charge in [-0.05, 0) is 0 Å². The van der Waals surface area contributed by atoms with Crippen molar-refractivity contribution in [1.29, 1.82) is 0 Å². The van der Waals surface area contributed by atoms with E-state index in [9.17, 15) is 33.4 Å². The van der Waals surface area contributed by atoms with E-state index in [1.165, 1.54) is 0 Å². The Morgan fingerprint density at radius 1 is 1.04 bits per heavy atom. The van der Waals surface area contributed by atoms with Gasteiger partial charge in [-0.2, -0.15) is 13.2 Å². The monoisotopic (exact) mass is 339 g/mol. The van der Waals surface area contributed by atoms with E-state index in [1.807, 2.05) is 0 Å². The van der Waals surface area contributed by atoms with E-state index < -0.39 is 65.0 Å². The first-order valence-electron chi connectivity index (χ1n) is 6.14. The number of nitro benzene ring substituents is 2. The van der Waals surface area contributed by atoms with E-state index in [0.717, 1.165) is 4.90 Å². The number of aliphatic hydroxyl groups is 2. The summed E-state index contributed by atoms with van der Waals surface area (Å²) in [5, 5.41) is 39.6. The normalized spacial score (nSPS) is 11.3. The molecule has 0 aliphatic heterocycles.